The van der Waals surface area contributed by atoms with Crippen molar-refractivity contribution in [1.82, 2.24) is 9.62 Å². The van der Waals surface area contributed by atoms with Crippen molar-refractivity contribution in [3.8, 4) is 0 Å². The molecule has 31 heavy (non-hydrogen) atoms. The third-order valence-corrected chi connectivity index (χ3v) is 7.50. The van der Waals surface area contributed by atoms with E-state index < -0.39 is 21.8 Å². The summed E-state index contributed by atoms with van der Waals surface area (Å²) in [6, 6.07) is 12.3. The summed E-state index contributed by atoms with van der Waals surface area (Å²) in [5.41, 5.74) is 0.417. The Labute approximate surface area is 191 Å². The van der Waals surface area contributed by atoms with Crippen LogP contribution < -0.4 is 10.6 Å². The number of amides is 2. The summed E-state index contributed by atoms with van der Waals surface area (Å²) in [7, 11) is -3.67. The van der Waals surface area contributed by atoms with Gasteiger partial charge in [0.15, 0.2) is 0 Å². The first-order valence-electron chi connectivity index (χ1n) is 9.89. The van der Waals surface area contributed by atoms with Gasteiger partial charge in [-0.25, -0.2) is 8.42 Å². The first kappa shape index (κ1) is 23.5. The number of hydrogen-bond acceptors (Lipinski definition) is 4. The Morgan fingerprint density at radius 3 is 2.45 bits per heavy atom. The Bertz CT molecular complexity index is 1040. The zero-order valence-corrected chi connectivity index (χ0v) is 19.0. The molecule has 0 radical (unpaired) electrons. The monoisotopic (exact) mass is 483 g/mol. The lowest BCUT2D eigenvalue weighted by molar-refractivity contribution is -0.136. The van der Waals surface area contributed by atoms with Crippen molar-refractivity contribution in [3.63, 3.8) is 0 Å². The zero-order valence-electron chi connectivity index (χ0n) is 16.7. The summed E-state index contributed by atoms with van der Waals surface area (Å²) in [5.74, 6) is -1.60. The number of rotatable bonds is 6. The van der Waals surface area contributed by atoms with Gasteiger partial charge in [-0.2, -0.15) is 4.31 Å². The van der Waals surface area contributed by atoms with E-state index in [9.17, 15) is 18.0 Å². The number of nitrogens with zero attached hydrogens (tertiary/aromatic N) is 1. The van der Waals surface area contributed by atoms with Gasteiger partial charge in [-0.1, -0.05) is 35.7 Å². The van der Waals surface area contributed by atoms with Crippen LogP contribution in [0.5, 0.6) is 0 Å². The maximum absolute atomic E-state index is 13.1. The molecule has 2 N–H and O–H groups in total. The lowest BCUT2D eigenvalue weighted by Crippen LogP contribution is -2.45. The molecule has 3 rings (SSSR count). The van der Waals surface area contributed by atoms with Gasteiger partial charge in [0.2, 0.25) is 10.0 Å². The number of benzene rings is 2. The molecule has 2 aromatic carbocycles. The molecule has 1 heterocycles. The summed E-state index contributed by atoms with van der Waals surface area (Å²) in [4.78, 5) is 24.4. The molecule has 0 saturated carbocycles. The van der Waals surface area contributed by atoms with Gasteiger partial charge in [-0.15, -0.1) is 0 Å². The standard InChI is InChI=1S/C21H23Cl2N3O4S/c22-15-7-9-19(10-8-15)31(29,30)26-13-2-1-6-18(26)11-12-24-20(27)21(28)25-17-5-3-4-16(23)14-17/h3-5,7-10,14,18H,1-2,6,11-13H2,(H,24,27)(H,25,28)/t18-/m0/s1. The van der Waals surface area contributed by atoms with Crippen LogP contribution in [0.15, 0.2) is 53.4 Å². The molecule has 0 unspecified atom stereocenters. The van der Waals surface area contributed by atoms with E-state index in [1.165, 1.54) is 22.5 Å². The highest BCUT2D eigenvalue weighted by molar-refractivity contribution is 7.89. The number of nitrogens with one attached hydrogen (secondary N) is 2. The normalized spacial score (nSPS) is 17.2. The van der Waals surface area contributed by atoms with Crippen LogP contribution in [0, 0.1) is 0 Å². The second-order valence-corrected chi connectivity index (χ2v) is 9.99. The van der Waals surface area contributed by atoms with Gasteiger partial charge >= 0.3 is 11.8 Å². The number of carbonyl (C=O) groups is 2. The van der Waals surface area contributed by atoms with Crippen LogP contribution in [0.1, 0.15) is 25.7 Å². The minimum absolute atomic E-state index is 0.180. The van der Waals surface area contributed by atoms with E-state index in [2.05, 4.69) is 10.6 Å². The quantitative estimate of drug-likeness (QED) is 0.612. The maximum atomic E-state index is 13.1. The highest BCUT2D eigenvalue weighted by atomic mass is 35.5. The summed E-state index contributed by atoms with van der Waals surface area (Å²) >= 11 is 11.7. The van der Waals surface area contributed by atoms with E-state index in [0.29, 0.717) is 35.1 Å². The SMILES string of the molecule is O=C(NCC[C@@H]1CCCCN1S(=O)(=O)c1ccc(Cl)cc1)C(=O)Nc1cccc(Cl)c1. The van der Waals surface area contributed by atoms with E-state index in [4.69, 9.17) is 23.2 Å². The summed E-state index contributed by atoms with van der Waals surface area (Å²) < 4.78 is 27.6. The molecule has 1 aliphatic heterocycles. The van der Waals surface area contributed by atoms with Crippen molar-refractivity contribution in [2.45, 2.75) is 36.6 Å². The van der Waals surface area contributed by atoms with Crippen LogP contribution in [-0.2, 0) is 19.6 Å². The van der Waals surface area contributed by atoms with Gasteiger partial charge in [0.25, 0.3) is 0 Å². The predicted octanol–water partition coefficient (Wildman–Crippen LogP) is 3.68. The van der Waals surface area contributed by atoms with Gasteiger partial charge in [-0.3, -0.25) is 9.59 Å². The lowest BCUT2D eigenvalue weighted by Gasteiger charge is -2.34. The van der Waals surface area contributed by atoms with Gasteiger partial charge in [0.05, 0.1) is 4.90 Å². The average Bonchev–Trinajstić information content (AvgIpc) is 2.74. The molecular formula is C21H23Cl2N3O4S. The van der Waals surface area contributed by atoms with Crippen LogP contribution in [-0.4, -0.2) is 43.7 Å². The van der Waals surface area contributed by atoms with Crippen LogP contribution >= 0.6 is 23.2 Å². The molecule has 1 saturated heterocycles. The smallest absolute Gasteiger partial charge is 0.313 e. The minimum atomic E-state index is -3.67. The van der Waals surface area contributed by atoms with Crippen molar-refractivity contribution in [3.05, 3.63) is 58.6 Å². The van der Waals surface area contributed by atoms with Crippen molar-refractivity contribution in [1.29, 1.82) is 0 Å². The molecule has 2 aromatic rings. The maximum Gasteiger partial charge on any atom is 0.313 e. The van der Waals surface area contributed by atoms with Crippen molar-refractivity contribution in [2.75, 3.05) is 18.4 Å². The van der Waals surface area contributed by atoms with Crippen LogP contribution in [0.4, 0.5) is 5.69 Å². The fourth-order valence-corrected chi connectivity index (χ4v) is 5.55. The molecule has 10 heteroatoms. The fourth-order valence-electron chi connectivity index (χ4n) is 3.51. The highest BCUT2D eigenvalue weighted by Gasteiger charge is 2.33. The Morgan fingerprint density at radius 1 is 1.00 bits per heavy atom. The van der Waals surface area contributed by atoms with E-state index in [-0.39, 0.29) is 17.5 Å². The molecule has 166 valence electrons. The number of anilines is 1. The third-order valence-electron chi connectivity index (χ3n) is 5.05. The second kappa shape index (κ2) is 10.5. The van der Waals surface area contributed by atoms with E-state index in [0.717, 1.165) is 12.8 Å². The Morgan fingerprint density at radius 2 is 1.74 bits per heavy atom. The Kier molecular flexibility index (Phi) is 7.94. The number of hydrogen-bond donors (Lipinski definition) is 2. The first-order valence-corrected chi connectivity index (χ1v) is 12.1. The number of carbonyl (C=O) groups excluding carboxylic acids is 2. The predicted molar refractivity (Wildman–Crippen MR) is 121 cm³/mol. The molecule has 0 spiro atoms. The molecule has 7 nitrogen and oxygen atoms in total. The Balaban J connectivity index is 1.57. The molecule has 0 aromatic heterocycles. The van der Waals surface area contributed by atoms with Crippen LogP contribution in [0.2, 0.25) is 10.0 Å². The van der Waals surface area contributed by atoms with Gasteiger partial charge < -0.3 is 10.6 Å². The molecule has 1 aliphatic rings. The van der Waals surface area contributed by atoms with Gasteiger partial charge in [0, 0.05) is 34.9 Å². The highest BCUT2D eigenvalue weighted by Crippen LogP contribution is 2.27. The topological polar surface area (TPSA) is 95.6 Å². The number of piperidine rings is 1. The molecular weight excluding hydrogens is 461 g/mol. The average molecular weight is 484 g/mol. The molecule has 0 aliphatic carbocycles. The second-order valence-electron chi connectivity index (χ2n) is 7.23. The third kappa shape index (κ3) is 6.20. The van der Waals surface area contributed by atoms with Crippen molar-refractivity contribution >= 4 is 50.7 Å². The van der Waals surface area contributed by atoms with E-state index >= 15 is 0 Å². The molecule has 1 atom stereocenters. The summed E-state index contributed by atoms with van der Waals surface area (Å²) in [6.45, 7) is 0.595. The fraction of sp³-hybridized carbons (Fsp3) is 0.333. The van der Waals surface area contributed by atoms with E-state index in [1.807, 2.05) is 0 Å². The van der Waals surface area contributed by atoms with Crippen molar-refractivity contribution < 1.29 is 18.0 Å². The van der Waals surface area contributed by atoms with Crippen LogP contribution in [0.25, 0.3) is 0 Å². The first-order chi connectivity index (χ1) is 14.8. The minimum Gasteiger partial charge on any atom is -0.348 e. The van der Waals surface area contributed by atoms with Crippen LogP contribution in [0.3, 0.4) is 0 Å². The zero-order chi connectivity index (χ0) is 22.4. The summed E-state index contributed by atoms with van der Waals surface area (Å²) in [5, 5.41) is 5.95. The molecule has 1 fully saturated rings. The number of halogens is 2. The molecule has 0 bridgehead atoms. The van der Waals surface area contributed by atoms with Gasteiger partial charge in [-0.05, 0) is 61.7 Å². The number of sulfonamides is 1. The largest absolute Gasteiger partial charge is 0.348 e. The molecule has 2 amide bonds. The Hall–Kier alpha value is -2.13. The van der Waals surface area contributed by atoms with Crippen molar-refractivity contribution in [2.24, 2.45) is 0 Å². The van der Waals surface area contributed by atoms with Gasteiger partial charge in [0.1, 0.15) is 0 Å². The lowest BCUT2D eigenvalue weighted by atomic mass is 10.0. The summed E-state index contributed by atoms with van der Waals surface area (Å²) in [6.07, 6.45) is 2.78. The van der Waals surface area contributed by atoms with E-state index in [1.54, 1.807) is 30.3 Å².